The molecular weight excluding hydrogens is 352 g/mol. The number of aryl methyl sites for hydroxylation is 2. The van der Waals surface area contributed by atoms with Crippen molar-refractivity contribution in [3.05, 3.63) is 92.8 Å². The molecule has 1 aliphatic heterocycles. The highest BCUT2D eigenvalue weighted by molar-refractivity contribution is 6.31. The van der Waals surface area contributed by atoms with Crippen LogP contribution < -0.4 is 10.7 Å². The minimum Gasteiger partial charge on any atom is -0.346 e. The Morgan fingerprint density at radius 3 is 2.85 bits per heavy atom. The molecular formula is C24H27ClN2. The van der Waals surface area contributed by atoms with E-state index in [0.29, 0.717) is 0 Å². The number of benzene rings is 1. The molecule has 3 rings (SSSR count). The summed E-state index contributed by atoms with van der Waals surface area (Å²) in [6.45, 7) is 4.99. The molecule has 1 aliphatic rings. The lowest BCUT2D eigenvalue weighted by Gasteiger charge is -2.06. The molecule has 2 nitrogen and oxygen atoms in total. The second kappa shape index (κ2) is 9.57. The Morgan fingerprint density at radius 2 is 2.07 bits per heavy atom. The number of hydrogen-bond donors (Lipinski definition) is 1. The van der Waals surface area contributed by atoms with Crippen LogP contribution in [-0.2, 0) is 12.8 Å². The molecule has 27 heavy (non-hydrogen) atoms. The van der Waals surface area contributed by atoms with E-state index in [4.69, 9.17) is 11.6 Å². The van der Waals surface area contributed by atoms with Gasteiger partial charge in [0, 0.05) is 23.0 Å². The van der Waals surface area contributed by atoms with Crippen LogP contribution in [0.15, 0.2) is 70.4 Å². The minimum absolute atomic E-state index is 0.831. The predicted octanol–water partition coefficient (Wildman–Crippen LogP) is 4.93. The Morgan fingerprint density at radius 1 is 1.26 bits per heavy atom. The Balaban J connectivity index is 1.66. The number of hydrogen-bond acceptors (Lipinski definition) is 1. The van der Waals surface area contributed by atoms with E-state index in [0.717, 1.165) is 42.7 Å². The number of allylic oxidation sites excluding steroid dienone is 6. The summed E-state index contributed by atoms with van der Waals surface area (Å²) in [5.74, 6) is 0. The second-order valence-electron chi connectivity index (χ2n) is 6.90. The zero-order valence-electron chi connectivity index (χ0n) is 16.1. The Labute approximate surface area is 166 Å². The number of fused-ring (bicyclic) bond motifs is 1. The SMILES string of the molecule is C\C=C(Cl)/C(=C\C=C\Cc1c[nH]c2c1=CCCN=2)CCc1ccc(C)cc1. The maximum absolute atomic E-state index is 6.43. The monoisotopic (exact) mass is 378 g/mol. The van der Waals surface area contributed by atoms with Gasteiger partial charge in [-0.3, -0.25) is 4.99 Å². The van der Waals surface area contributed by atoms with Gasteiger partial charge in [0.25, 0.3) is 0 Å². The predicted molar refractivity (Wildman–Crippen MR) is 116 cm³/mol. The summed E-state index contributed by atoms with van der Waals surface area (Å²) < 4.78 is 0. The van der Waals surface area contributed by atoms with Gasteiger partial charge in [0.1, 0.15) is 5.49 Å². The van der Waals surface area contributed by atoms with Gasteiger partial charge in [-0.15, -0.1) is 0 Å². The zero-order valence-corrected chi connectivity index (χ0v) is 16.9. The van der Waals surface area contributed by atoms with Crippen molar-refractivity contribution in [1.82, 2.24) is 4.98 Å². The third-order valence-corrected chi connectivity index (χ3v) is 5.33. The molecule has 0 bridgehead atoms. The quantitative estimate of drug-likeness (QED) is 0.662. The number of H-pyrrole nitrogens is 1. The minimum atomic E-state index is 0.831. The number of halogens is 1. The largest absolute Gasteiger partial charge is 0.346 e. The number of rotatable bonds is 7. The number of nitrogens with zero attached hydrogens (tertiary/aromatic N) is 1. The van der Waals surface area contributed by atoms with E-state index < -0.39 is 0 Å². The first kappa shape index (κ1) is 19.4. The van der Waals surface area contributed by atoms with E-state index in [9.17, 15) is 0 Å². The van der Waals surface area contributed by atoms with Gasteiger partial charge >= 0.3 is 0 Å². The van der Waals surface area contributed by atoms with E-state index in [1.54, 1.807) is 0 Å². The molecule has 2 aromatic rings. The molecule has 1 aromatic heterocycles. The molecule has 0 amide bonds. The van der Waals surface area contributed by atoms with Crippen LogP contribution in [0, 0.1) is 6.92 Å². The molecule has 0 saturated carbocycles. The van der Waals surface area contributed by atoms with Crippen molar-refractivity contribution in [3.63, 3.8) is 0 Å². The van der Waals surface area contributed by atoms with Crippen LogP contribution in [0.2, 0.25) is 0 Å². The smallest absolute Gasteiger partial charge is 0.132 e. The summed E-state index contributed by atoms with van der Waals surface area (Å²) in [6, 6.07) is 8.72. The molecule has 0 aliphatic carbocycles. The summed E-state index contributed by atoms with van der Waals surface area (Å²) in [5.41, 5.74) is 6.14. The fourth-order valence-corrected chi connectivity index (χ4v) is 3.41. The first-order chi connectivity index (χ1) is 13.2. The molecule has 0 fully saturated rings. The van der Waals surface area contributed by atoms with E-state index in [1.165, 1.54) is 27.5 Å². The Kier molecular flexibility index (Phi) is 6.89. The molecule has 0 saturated heterocycles. The number of aromatic nitrogens is 1. The molecule has 140 valence electrons. The fraction of sp³-hybridized carbons (Fsp3) is 0.292. The summed E-state index contributed by atoms with van der Waals surface area (Å²) in [6.07, 6.45) is 16.6. The molecule has 0 spiro atoms. The van der Waals surface area contributed by atoms with E-state index >= 15 is 0 Å². The highest BCUT2D eigenvalue weighted by atomic mass is 35.5. The first-order valence-corrected chi connectivity index (χ1v) is 9.99. The zero-order chi connectivity index (χ0) is 19.1. The van der Waals surface area contributed by atoms with Crippen LogP contribution in [0.4, 0.5) is 0 Å². The van der Waals surface area contributed by atoms with Crippen LogP contribution >= 0.6 is 11.6 Å². The summed E-state index contributed by atoms with van der Waals surface area (Å²) >= 11 is 6.43. The third kappa shape index (κ3) is 5.33. The van der Waals surface area contributed by atoms with Gasteiger partial charge in [-0.05, 0) is 56.2 Å². The van der Waals surface area contributed by atoms with Crippen LogP contribution in [0.25, 0.3) is 6.08 Å². The van der Waals surface area contributed by atoms with E-state index in [-0.39, 0.29) is 0 Å². The average Bonchev–Trinajstić information content (AvgIpc) is 3.11. The van der Waals surface area contributed by atoms with Gasteiger partial charge in [0.15, 0.2) is 0 Å². The Bertz CT molecular complexity index is 972. The van der Waals surface area contributed by atoms with Crippen LogP contribution in [0.3, 0.4) is 0 Å². The van der Waals surface area contributed by atoms with Crippen LogP contribution in [0.1, 0.15) is 36.5 Å². The van der Waals surface area contributed by atoms with Crippen molar-refractivity contribution in [2.45, 2.75) is 39.5 Å². The molecule has 0 unspecified atom stereocenters. The molecule has 1 N–H and O–H groups in total. The van der Waals surface area contributed by atoms with Crippen molar-refractivity contribution in [2.24, 2.45) is 4.99 Å². The Hall–Kier alpha value is -2.32. The van der Waals surface area contributed by atoms with E-state index in [1.807, 2.05) is 13.0 Å². The highest BCUT2D eigenvalue weighted by Gasteiger charge is 2.03. The van der Waals surface area contributed by atoms with Crippen LogP contribution in [-0.4, -0.2) is 11.5 Å². The fourth-order valence-electron chi connectivity index (χ4n) is 3.26. The van der Waals surface area contributed by atoms with E-state index in [2.05, 4.69) is 71.7 Å². The normalized spacial score (nSPS) is 14.8. The molecule has 3 heteroatoms. The first-order valence-electron chi connectivity index (χ1n) is 9.61. The van der Waals surface area contributed by atoms with Gasteiger partial charge in [-0.2, -0.15) is 0 Å². The van der Waals surface area contributed by atoms with Gasteiger partial charge in [-0.1, -0.05) is 71.8 Å². The maximum Gasteiger partial charge on any atom is 0.132 e. The summed E-state index contributed by atoms with van der Waals surface area (Å²) in [4.78, 5) is 7.78. The van der Waals surface area contributed by atoms with Crippen molar-refractivity contribution in [2.75, 3.05) is 6.54 Å². The summed E-state index contributed by atoms with van der Waals surface area (Å²) in [7, 11) is 0. The summed E-state index contributed by atoms with van der Waals surface area (Å²) in [5, 5.41) is 2.10. The molecule has 0 atom stereocenters. The standard InChI is InChI=1S/C24H27ClN2/c1-3-23(25)20(15-14-19-12-10-18(2)11-13-19)7-4-5-8-21-17-27-24-22(21)9-6-16-26-24/h3-5,7,9-13,17H,6,8,14-16H2,1-2H3,(H,26,27)/b5-4+,20-7-,23-3+. The number of aromatic amines is 1. The topological polar surface area (TPSA) is 28.1 Å². The lowest BCUT2D eigenvalue weighted by atomic mass is 10.0. The van der Waals surface area contributed by atoms with Crippen molar-refractivity contribution >= 4 is 17.7 Å². The maximum atomic E-state index is 6.43. The van der Waals surface area contributed by atoms with Gasteiger partial charge in [-0.25, -0.2) is 0 Å². The number of nitrogens with one attached hydrogen (secondary N) is 1. The average molecular weight is 379 g/mol. The lowest BCUT2D eigenvalue weighted by molar-refractivity contribution is 0.934. The van der Waals surface area contributed by atoms with Gasteiger partial charge in [0.05, 0.1) is 0 Å². The third-order valence-electron chi connectivity index (χ3n) is 4.87. The van der Waals surface area contributed by atoms with Crippen molar-refractivity contribution in [1.29, 1.82) is 0 Å². The lowest BCUT2D eigenvalue weighted by Crippen LogP contribution is -2.28. The molecule has 0 radical (unpaired) electrons. The van der Waals surface area contributed by atoms with Gasteiger partial charge < -0.3 is 4.98 Å². The molecule has 2 heterocycles. The van der Waals surface area contributed by atoms with Gasteiger partial charge in [0.2, 0.25) is 0 Å². The van der Waals surface area contributed by atoms with Crippen LogP contribution in [0.5, 0.6) is 0 Å². The highest BCUT2D eigenvalue weighted by Crippen LogP contribution is 2.21. The van der Waals surface area contributed by atoms with Crippen molar-refractivity contribution in [3.8, 4) is 0 Å². The van der Waals surface area contributed by atoms with Crippen molar-refractivity contribution < 1.29 is 0 Å². The molecule has 1 aromatic carbocycles. The second-order valence-corrected chi connectivity index (χ2v) is 7.30.